The number of methoxy groups -OCH3 is 1. The van der Waals surface area contributed by atoms with E-state index < -0.39 is 31.6 Å². The number of hydrogen-bond acceptors (Lipinski definition) is 5. The molecule has 0 saturated carbocycles. The Hall–Kier alpha value is -3.17. The fourth-order valence-corrected chi connectivity index (χ4v) is 10.3. The SMILES string of the molecule is C=C(C)C(=O)c1ccc(-c2cc3cccc(-c4ccc(OC5CCI(C)CC5(C)F)c(CN)c4)c3o2)c(OC)c1. The Kier molecular flexibility index (Phi) is 8.06. The van der Waals surface area contributed by atoms with Gasteiger partial charge in [-0.25, -0.2) is 0 Å². The van der Waals surface area contributed by atoms with E-state index in [1.54, 1.807) is 33.1 Å². The van der Waals surface area contributed by atoms with E-state index in [2.05, 4.69) is 11.5 Å². The Bertz CT molecular complexity index is 1590. The van der Waals surface area contributed by atoms with Crippen molar-refractivity contribution in [3.63, 3.8) is 0 Å². The standard InChI is InChI=1S/C33H35FINO4/c1-20(2)31(37)22-9-11-26(28(16-22)38-5)29-17-23-7-6-8-25(32(23)40-29)21-10-12-27(24(15-21)18-36)39-30-13-14-35(4)19-33(30,3)34/h6-12,15-17,30H,1,13-14,18-19,36H2,2-5H3. The minimum atomic E-state index is -1.31. The molecule has 1 aliphatic rings. The van der Waals surface area contributed by atoms with Gasteiger partial charge in [-0.1, -0.05) is 12.6 Å². The number of ether oxygens (including phenoxy) is 2. The number of ketones is 1. The molecule has 0 aliphatic carbocycles. The van der Waals surface area contributed by atoms with Gasteiger partial charge in [0.2, 0.25) is 0 Å². The minimum absolute atomic E-state index is 0.129. The second-order valence-electron chi connectivity index (χ2n) is 10.6. The third kappa shape index (κ3) is 5.54. The summed E-state index contributed by atoms with van der Waals surface area (Å²) in [5.41, 5.74) is 9.94. The Labute approximate surface area is 241 Å². The van der Waals surface area contributed by atoms with Gasteiger partial charge in [-0.2, -0.15) is 0 Å². The minimum Gasteiger partial charge on any atom is -0.496 e. The number of nitrogens with two attached hydrogens (primary N) is 1. The normalized spacial score (nSPS) is 19.9. The average Bonchev–Trinajstić information content (AvgIpc) is 3.38. The van der Waals surface area contributed by atoms with Gasteiger partial charge in [-0.15, -0.1) is 0 Å². The number of carbonyl (C=O) groups excluding carboxylic acids is 1. The third-order valence-corrected chi connectivity index (χ3v) is 12.6. The summed E-state index contributed by atoms with van der Waals surface area (Å²) in [6, 6.07) is 19.1. The van der Waals surface area contributed by atoms with Crippen LogP contribution in [-0.4, -0.2) is 38.5 Å². The van der Waals surface area contributed by atoms with Crippen molar-refractivity contribution in [3.8, 4) is 33.9 Å². The van der Waals surface area contributed by atoms with Gasteiger partial charge in [0, 0.05) is 5.56 Å². The molecule has 0 spiro atoms. The fourth-order valence-electron chi connectivity index (χ4n) is 5.25. The molecule has 1 saturated heterocycles. The molecule has 3 aromatic carbocycles. The van der Waals surface area contributed by atoms with Crippen molar-refractivity contribution in [1.29, 1.82) is 0 Å². The molecule has 2 atom stereocenters. The first-order chi connectivity index (χ1) is 19.1. The zero-order valence-electron chi connectivity index (χ0n) is 23.4. The topological polar surface area (TPSA) is 74.7 Å². The van der Waals surface area contributed by atoms with Gasteiger partial charge < -0.3 is 4.74 Å². The quantitative estimate of drug-likeness (QED) is 0.0902. The maximum atomic E-state index is 15.4. The second-order valence-corrected chi connectivity index (χ2v) is 16.6. The van der Waals surface area contributed by atoms with Crippen LogP contribution < -0.4 is 15.2 Å². The summed E-state index contributed by atoms with van der Waals surface area (Å²) in [7, 11) is 1.57. The van der Waals surface area contributed by atoms with Gasteiger partial charge in [0.25, 0.3) is 0 Å². The molecule has 0 amide bonds. The number of hydrogen-bond donors (Lipinski definition) is 1. The zero-order chi connectivity index (χ0) is 28.6. The molecule has 1 aromatic heterocycles. The maximum absolute atomic E-state index is 15.4. The largest absolute Gasteiger partial charge is 0.496 e. The number of fused-ring (bicyclic) bond motifs is 1. The van der Waals surface area contributed by atoms with Crippen LogP contribution in [0.3, 0.4) is 0 Å². The number of allylic oxidation sites excluding steroid dienone is 1. The van der Waals surface area contributed by atoms with Crippen LogP contribution in [0.1, 0.15) is 36.2 Å². The number of para-hydroxylation sites is 1. The molecule has 2 N–H and O–H groups in total. The van der Waals surface area contributed by atoms with Crippen molar-refractivity contribution in [1.82, 2.24) is 0 Å². The smallest absolute Gasteiger partial charge is 0.130 e. The average molecular weight is 656 g/mol. The first-order valence-corrected chi connectivity index (χ1v) is 18.4. The van der Waals surface area contributed by atoms with Gasteiger partial charge in [0.15, 0.2) is 5.78 Å². The fraction of sp³-hybridized carbons (Fsp3) is 0.303. The summed E-state index contributed by atoms with van der Waals surface area (Å²) in [6.07, 6.45) is 0.292. The number of furan rings is 1. The molecule has 1 aliphatic heterocycles. The van der Waals surface area contributed by atoms with Crippen molar-refractivity contribution >= 4 is 36.6 Å². The van der Waals surface area contributed by atoms with Crippen LogP contribution in [0.4, 0.5) is 4.39 Å². The zero-order valence-corrected chi connectivity index (χ0v) is 25.5. The molecular weight excluding hydrogens is 620 g/mol. The van der Waals surface area contributed by atoms with Gasteiger partial charge in [0.05, 0.1) is 12.7 Å². The van der Waals surface area contributed by atoms with Crippen LogP contribution in [0.2, 0.25) is 0 Å². The van der Waals surface area contributed by atoms with Crippen LogP contribution in [-0.2, 0) is 6.54 Å². The summed E-state index contributed by atoms with van der Waals surface area (Å²) >= 11 is -1.19. The molecule has 0 bridgehead atoms. The predicted octanol–water partition coefficient (Wildman–Crippen LogP) is 8.01. The monoisotopic (exact) mass is 655 g/mol. The van der Waals surface area contributed by atoms with Crippen LogP contribution in [0.5, 0.6) is 11.5 Å². The van der Waals surface area contributed by atoms with Crippen LogP contribution >= 0.6 is 19.8 Å². The molecule has 0 radical (unpaired) electrons. The summed E-state index contributed by atoms with van der Waals surface area (Å²) in [6.45, 7) is 7.39. The van der Waals surface area contributed by atoms with Crippen LogP contribution in [0.15, 0.2) is 77.2 Å². The first-order valence-electron chi connectivity index (χ1n) is 13.2. The van der Waals surface area contributed by atoms with Crippen molar-refractivity contribution in [2.45, 2.75) is 38.6 Å². The van der Waals surface area contributed by atoms with E-state index >= 15 is 4.39 Å². The number of Topliss-reactive ketones (excluding diaryl/α,β-unsaturated/α-hetero) is 1. The maximum Gasteiger partial charge on any atom is 0.130 e. The van der Waals surface area contributed by atoms with E-state index in [1.807, 2.05) is 48.5 Å². The molecule has 1 fully saturated rings. The number of halogens is 2. The third-order valence-electron chi connectivity index (χ3n) is 7.38. The number of rotatable bonds is 8. The summed E-state index contributed by atoms with van der Waals surface area (Å²) < 4.78 is 35.4. The first kappa shape index (κ1) is 28.4. The van der Waals surface area contributed by atoms with E-state index in [9.17, 15) is 4.79 Å². The van der Waals surface area contributed by atoms with E-state index in [0.29, 0.717) is 32.8 Å². The Morgan fingerprint density at radius 1 is 1.15 bits per heavy atom. The van der Waals surface area contributed by atoms with E-state index in [4.69, 9.17) is 19.6 Å². The molecule has 210 valence electrons. The van der Waals surface area contributed by atoms with E-state index in [0.717, 1.165) is 44.1 Å². The number of benzene rings is 3. The van der Waals surface area contributed by atoms with Crippen molar-refractivity contribution in [3.05, 3.63) is 83.9 Å². The van der Waals surface area contributed by atoms with Crippen molar-refractivity contribution < 1.29 is 23.1 Å². The Morgan fingerprint density at radius 2 is 1.95 bits per heavy atom. The van der Waals surface area contributed by atoms with Crippen molar-refractivity contribution in [2.24, 2.45) is 5.73 Å². The van der Waals surface area contributed by atoms with E-state index in [1.165, 1.54) is 0 Å². The molecule has 7 heteroatoms. The van der Waals surface area contributed by atoms with Crippen LogP contribution in [0, 0.1) is 0 Å². The number of alkyl halides is 4. The molecule has 40 heavy (non-hydrogen) atoms. The Balaban J connectivity index is 1.49. The second kappa shape index (κ2) is 11.4. The molecular formula is C33H35FINO4. The Morgan fingerprint density at radius 3 is 2.65 bits per heavy atom. The van der Waals surface area contributed by atoms with Gasteiger partial charge >= 0.3 is 166 Å². The van der Waals surface area contributed by atoms with E-state index in [-0.39, 0.29) is 12.3 Å². The predicted molar refractivity (Wildman–Crippen MR) is 169 cm³/mol. The number of carbonyl (C=O) groups is 1. The summed E-state index contributed by atoms with van der Waals surface area (Å²) in [5.74, 6) is 1.68. The van der Waals surface area contributed by atoms with Crippen LogP contribution in [0.25, 0.3) is 33.4 Å². The van der Waals surface area contributed by atoms with Gasteiger partial charge in [-0.05, 0) is 24.6 Å². The van der Waals surface area contributed by atoms with Gasteiger partial charge in [-0.3, -0.25) is 4.79 Å². The van der Waals surface area contributed by atoms with Crippen molar-refractivity contribution in [2.75, 3.05) is 20.9 Å². The molecule has 5 rings (SSSR count). The molecule has 5 nitrogen and oxygen atoms in total. The summed E-state index contributed by atoms with van der Waals surface area (Å²) in [5, 5.41) is 0.931. The van der Waals surface area contributed by atoms with Gasteiger partial charge in [0.1, 0.15) is 5.75 Å². The molecule has 4 aromatic rings. The molecule has 2 unspecified atom stereocenters. The molecule has 2 heterocycles. The summed E-state index contributed by atoms with van der Waals surface area (Å²) in [4.78, 5) is 14.7.